The molecule has 256 valence electrons. The molecule has 0 fully saturated rings. The summed E-state index contributed by atoms with van der Waals surface area (Å²) in [5.41, 5.74) is 13.5. The van der Waals surface area contributed by atoms with Crippen LogP contribution < -0.4 is 0 Å². The lowest BCUT2D eigenvalue weighted by atomic mass is 9.66. The Bertz CT molecular complexity index is 3040. The molecule has 1 aliphatic carbocycles. The van der Waals surface area contributed by atoms with Crippen molar-refractivity contribution in [3.63, 3.8) is 0 Å². The lowest BCUT2D eigenvalue weighted by Gasteiger charge is -2.34. The van der Waals surface area contributed by atoms with Gasteiger partial charge in [-0.1, -0.05) is 188 Å². The highest BCUT2D eigenvalue weighted by atomic mass is 14.9. The Morgan fingerprint density at radius 1 is 0.345 bits per heavy atom. The molecule has 0 spiro atoms. The summed E-state index contributed by atoms with van der Waals surface area (Å²) in [6.45, 7) is 0. The monoisotopic (exact) mass is 698 g/mol. The highest BCUT2D eigenvalue weighted by Gasteiger charge is 2.47. The van der Waals surface area contributed by atoms with E-state index in [4.69, 9.17) is 9.97 Å². The Kier molecular flexibility index (Phi) is 7.11. The van der Waals surface area contributed by atoms with Gasteiger partial charge in [0.15, 0.2) is 5.82 Å². The van der Waals surface area contributed by atoms with E-state index in [0.29, 0.717) is 5.82 Å². The van der Waals surface area contributed by atoms with Crippen LogP contribution in [0.15, 0.2) is 206 Å². The molecule has 9 aromatic carbocycles. The van der Waals surface area contributed by atoms with E-state index in [-0.39, 0.29) is 0 Å². The van der Waals surface area contributed by atoms with Gasteiger partial charge in [0.2, 0.25) is 0 Å². The van der Waals surface area contributed by atoms with E-state index in [1.54, 1.807) is 0 Å². The number of benzene rings is 9. The average Bonchev–Trinajstić information content (AvgIpc) is 3.58. The first-order valence-electron chi connectivity index (χ1n) is 18.9. The third kappa shape index (κ3) is 4.82. The van der Waals surface area contributed by atoms with Gasteiger partial charge in [-0.05, 0) is 78.9 Å². The molecule has 1 aliphatic rings. The maximum atomic E-state index is 5.29. The quantitative estimate of drug-likeness (QED) is 0.167. The van der Waals surface area contributed by atoms with Crippen LogP contribution in [0.4, 0.5) is 0 Å². The van der Waals surface area contributed by atoms with Crippen molar-refractivity contribution in [2.24, 2.45) is 0 Å². The van der Waals surface area contributed by atoms with Crippen LogP contribution in [0.5, 0.6) is 0 Å². The molecule has 1 aromatic heterocycles. The number of hydrogen-bond donors (Lipinski definition) is 0. The summed E-state index contributed by atoms with van der Waals surface area (Å²) in [6, 6.07) is 74.6. The van der Waals surface area contributed by atoms with Crippen LogP contribution in [0, 0.1) is 0 Å². The van der Waals surface area contributed by atoms with Gasteiger partial charge in [0, 0.05) is 21.9 Å². The first-order chi connectivity index (χ1) is 27.3. The Hall–Kier alpha value is -7.16. The zero-order chi connectivity index (χ0) is 36.3. The first-order valence-corrected chi connectivity index (χ1v) is 18.9. The Morgan fingerprint density at radius 2 is 0.945 bits per heavy atom. The smallest absolute Gasteiger partial charge is 0.160 e. The van der Waals surface area contributed by atoms with Crippen molar-refractivity contribution in [3.05, 3.63) is 229 Å². The van der Waals surface area contributed by atoms with E-state index in [1.165, 1.54) is 49.5 Å². The molecule has 0 N–H and O–H groups in total. The molecule has 2 heteroatoms. The summed E-state index contributed by atoms with van der Waals surface area (Å²) in [4.78, 5) is 10.6. The van der Waals surface area contributed by atoms with Crippen LogP contribution in [0.3, 0.4) is 0 Å². The topological polar surface area (TPSA) is 25.8 Å². The fourth-order valence-corrected chi connectivity index (χ4v) is 9.10. The second kappa shape index (κ2) is 12.5. The zero-order valence-electron chi connectivity index (χ0n) is 30.0. The summed E-state index contributed by atoms with van der Waals surface area (Å²) in [7, 11) is 0. The molecule has 11 rings (SSSR count). The minimum absolute atomic E-state index is 0.482. The molecule has 0 radical (unpaired) electrons. The first kappa shape index (κ1) is 31.4. The molecule has 2 nitrogen and oxygen atoms in total. The van der Waals surface area contributed by atoms with Crippen LogP contribution in [-0.2, 0) is 5.41 Å². The maximum Gasteiger partial charge on any atom is 0.160 e. The number of aromatic nitrogens is 2. The Labute approximate surface area is 320 Å². The summed E-state index contributed by atoms with van der Waals surface area (Å²) in [6.07, 6.45) is 0. The Morgan fingerprint density at radius 3 is 1.75 bits per heavy atom. The van der Waals surface area contributed by atoms with Crippen LogP contribution >= 0.6 is 0 Å². The van der Waals surface area contributed by atoms with Crippen molar-refractivity contribution in [2.75, 3.05) is 0 Å². The normalized spacial score (nSPS) is 12.9. The second-order valence-corrected chi connectivity index (χ2v) is 14.5. The predicted molar refractivity (Wildman–Crippen MR) is 228 cm³/mol. The Balaban J connectivity index is 1.13. The van der Waals surface area contributed by atoms with Crippen molar-refractivity contribution in [2.45, 2.75) is 5.41 Å². The van der Waals surface area contributed by atoms with Gasteiger partial charge in [0.25, 0.3) is 0 Å². The van der Waals surface area contributed by atoms with Gasteiger partial charge in [-0.3, -0.25) is 0 Å². The molecule has 10 aromatic rings. The van der Waals surface area contributed by atoms with Gasteiger partial charge in [0.1, 0.15) is 0 Å². The largest absolute Gasteiger partial charge is 0.227 e. The van der Waals surface area contributed by atoms with Gasteiger partial charge in [-0.25, -0.2) is 9.97 Å². The van der Waals surface area contributed by atoms with Crippen LogP contribution in [0.1, 0.15) is 22.3 Å². The van der Waals surface area contributed by atoms with Gasteiger partial charge < -0.3 is 0 Å². The molecule has 1 heterocycles. The summed E-state index contributed by atoms with van der Waals surface area (Å²) >= 11 is 0. The molecule has 0 saturated carbocycles. The molecule has 0 aliphatic heterocycles. The number of hydrogen-bond acceptors (Lipinski definition) is 2. The van der Waals surface area contributed by atoms with E-state index in [0.717, 1.165) is 44.2 Å². The van der Waals surface area contributed by atoms with Gasteiger partial charge in [-0.2, -0.15) is 0 Å². The predicted octanol–water partition coefficient (Wildman–Crippen LogP) is 13.3. The minimum atomic E-state index is -0.482. The van der Waals surface area contributed by atoms with Crippen LogP contribution in [0.25, 0.3) is 77.3 Å². The van der Waals surface area contributed by atoms with E-state index in [9.17, 15) is 0 Å². The number of fused-ring (bicyclic) bond motifs is 8. The van der Waals surface area contributed by atoms with Gasteiger partial charge in [-0.15, -0.1) is 0 Å². The summed E-state index contributed by atoms with van der Waals surface area (Å²) in [5, 5.41) is 5.82. The third-order valence-corrected chi connectivity index (χ3v) is 11.5. The van der Waals surface area contributed by atoms with E-state index >= 15 is 0 Å². The van der Waals surface area contributed by atoms with E-state index in [1.807, 2.05) is 6.07 Å². The van der Waals surface area contributed by atoms with E-state index in [2.05, 4.69) is 200 Å². The molecule has 0 unspecified atom stereocenters. The lowest BCUT2D eigenvalue weighted by Crippen LogP contribution is -2.28. The fourth-order valence-electron chi connectivity index (χ4n) is 9.10. The standard InChI is InChI=1S/C53H34N2/c1-4-16-37(17-5-1)50-46-32-30-35-15-10-11-24-43(35)51(46)55-52(54-50)40-19-14-18-38(33-40)39-28-27-36-29-31-45-44-25-12-13-26-48(44)53(49(45)47(36)34-39,41-20-6-2-7-21-41)42-22-8-3-9-23-42/h1-34H. The van der Waals surface area contributed by atoms with Gasteiger partial charge >= 0.3 is 0 Å². The highest BCUT2D eigenvalue weighted by Crippen LogP contribution is 2.58. The van der Waals surface area contributed by atoms with Gasteiger partial charge in [0.05, 0.1) is 16.6 Å². The average molecular weight is 699 g/mol. The molecule has 55 heavy (non-hydrogen) atoms. The van der Waals surface area contributed by atoms with Crippen molar-refractivity contribution < 1.29 is 0 Å². The molecule has 0 amide bonds. The second-order valence-electron chi connectivity index (χ2n) is 14.5. The van der Waals surface area contributed by atoms with Crippen molar-refractivity contribution in [1.29, 1.82) is 0 Å². The van der Waals surface area contributed by atoms with Crippen molar-refractivity contribution in [3.8, 4) is 44.9 Å². The molecule has 0 atom stereocenters. The fraction of sp³-hybridized carbons (Fsp3) is 0.0189. The van der Waals surface area contributed by atoms with Crippen molar-refractivity contribution >= 4 is 32.4 Å². The summed E-state index contributed by atoms with van der Waals surface area (Å²) < 4.78 is 0. The minimum Gasteiger partial charge on any atom is -0.227 e. The third-order valence-electron chi connectivity index (χ3n) is 11.5. The SMILES string of the molecule is c1ccc(-c2nc(-c3cccc(-c4ccc5ccc6c(c5c4)C(c4ccccc4)(c4ccccc4)c4ccccc4-6)c3)nc3c2ccc2ccccc23)cc1. The lowest BCUT2D eigenvalue weighted by molar-refractivity contribution is 0.775. The number of rotatable bonds is 5. The van der Waals surface area contributed by atoms with Crippen LogP contribution in [0.2, 0.25) is 0 Å². The maximum absolute atomic E-state index is 5.29. The number of nitrogens with zero attached hydrogens (tertiary/aromatic N) is 2. The highest BCUT2D eigenvalue weighted by molar-refractivity contribution is 6.10. The molecular formula is C53H34N2. The molecule has 0 bridgehead atoms. The molecule has 0 saturated heterocycles. The van der Waals surface area contributed by atoms with Crippen molar-refractivity contribution in [1.82, 2.24) is 9.97 Å². The summed E-state index contributed by atoms with van der Waals surface area (Å²) in [5.74, 6) is 0.717. The zero-order valence-corrected chi connectivity index (χ0v) is 30.0. The van der Waals surface area contributed by atoms with E-state index < -0.39 is 5.41 Å². The molecular weight excluding hydrogens is 665 g/mol. The van der Waals surface area contributed by atoms with Crippen LogP contribution in [-0.4, -0.2) is 9.97 Å².